The second-order valence-corrected chi connectivity index (χ2v) is 5.41. The summed E-state index contributed by atoms with van der Waals surface area (Å²) >= 11 is 0. The molecule has 1 aromatic rings. The highest BCUT2D eigenvalue weighted by Gasteiger charge is 2.18. The van der Waals surface area contributed by atoms with Crippen molar-refractivity contribution >= 4 is 12.0 Å². The highest BCUT2D eigenvalue weighted by Crippen LogP contribution is 2.08. The van der Waals surface area contributed by atoms with E-state index in [2.05, 4.69) is 22.6 Å². The summed E-state index contributed by atoms with van der Waals surface area (Å²) in [4.78, 5) is 24.8. The molecule has 21 heavy (non-hydrogen) atoms. The van der Waals surface area contributed by atoms with Gasteiger partial charge in [-0.2, -0.15) is 0 Å². The second-order valence-electron chi connectivity index (χ2n) is 5.41. The van der Waals surface area contributed by atoms with Gasteiger partial charge in [-0.1, -0.05) is 12.1 Å². The van der Waals surface area contributed by atoms with Gasteiger partial charge in [-0.25, -0.2) is 9.59 Å². The van der Waals surface area contributed by atoms with Crippen LogP contribution in [0.4, 0.5) is 4.79 Å². The normalized spacial score (nSPS) is 16.4. The van der Waals surface area contributed by atoms with Crippen LogP contribution in [0.25, 0.3) is 0 Å². The first kappa shape index (κ1) is 15.3. The minimum absolute atomic E-state index is 0.174. The number of carboxylic acid groups (broad SMARTS) is 1. The molecule has 0 atom stereocenters. The van der Waals surface area contributed by atoms with Gasteiger partial charge in [0.05, 0.1) is 5.56 Å². The topological polar surface area (TPSA) is 81.7 Å². The number of carbonyl (C=O) groups is 2. The van der Waals surface area contributed by atoms with Crippen LogP contribution in [0.3, 0.4) is 0 Å². The number of hydrogen-bond donors (Lipinski definition) is 3. The van der Waals surface area contributed by atoms with Crippen LogP contribution in [0, 0.1) is 0 Å². The number of urea groups is 1. The van der Waals surface area contributed by atoms with Crippen LogP contribution in [-0.4, -0.2) is 48.2 Å². The largest absolute Gasteiger partial charge is 0.478 e. The molecule has 2 rings (SSSR count). The van der Waals surface area contributed by atoms with Crippen molar-refractivity contribution in [3.8, 4) is 0 Å². The molecule has 2 amide bonds. The lowest BCUT2D eigenvalue weighted by molar-refractivity contribution is 0.0697. The van der Waals surface area contributed by atoms with Crippen molar-refractivity contribution in [2.75, 3.05) is 20.1 Å². The lowest BCUT2D eigenvalue weighted by atomic mass is 10.1. The van der Waals surface area contributed by atoms with Crippen molar-refractivity contribution in [1.82, 2.24) is 15.5 Å². The van der Waals surface area contributed by atoms with Crippen LogP contribution in [-0.2, 0) is 6.54 Å². The minimum atomic E-state index is -0.950. The Hall–Kier alpha value is -2.08. The highest BCUT2D eigenvalue weighted by molar-refractivity contribution is 5.87. The first-order chi connectivity index (χ1) is 10.0. The molecule has 1 fully saturated rings. The summed E-state index contributed by atoms with van der Waals surface area (Å²) in [5.74, 6) is -0.950. The van der Waals surface area contributed by atoms with E-state index in [1.807, 2.05) is 0 Å². The molecule has 0 radical (unpaired) electrons. The Bertz CT molecular complexity index is 493. The maximum Gasteiger partial charge on any atom is 0.335 e. The Balaban J connectivity index is 1.74. The van der Waals surface area contributed by atoms with Gasteiger partial charge in [-0.3, -0.25) is 0 Å². The Morgan fingerprint density at radius 1 is 1.24 bits per heavy atom. The van der Waals surface area contributed by atoms with E-state index in [0.29, 0.717) is 6.54 Å². The molecular weight excluding hydrogens is 270 g/mol. The molecule has 6 heteroatoms. The first-order valence-electron chi connectivity index (χ1n) is 7.10. The molecule has 1 aliphatic heterocycles. The fourth-order valence-electron chi connectivity index (χ4n) is 2.34. The molecule has 3 N–H and O–H groups in total. The lowest BCUT2D eigenvalue weighted by Gasteiger charge is -2.29. The molecule has 1 aliphatic rings. The van der Waals surface area contributed by atoms with Crippen molar-refractivity contribution in [1.29, 1.82) is 0 Å². The van der Waals surface area contributed by atoms with Gasteiger partial charge in [0.25, 0.3) is 0 Å². The molecule has 0 spiro atoms. The predicted octanol–water partition coefficient (Wildman–Crippen LogP) is 1.28. The molecule has 0 saturated carbocycles. The van der Waals surface area contributed by atoms with E-state index >= 15 is 0 Å². The molecule has 1 heterocycles. The summed E-state index contributed by atoms with van der Waals surface area (Å²) in [6.45, 7) is 2.39. The quantitative estimate of drug-likeness (QED) is 0.780. The number of carboxylic acids is 1. The van der Waals surface area contributed by atoms with E-state index in [-0.39, 0.29) is 17.6 Å². The Kier molecular flexibility index (Phi) is 5.16. The second kappa shape index (κ2) is 7.08. The molecule has 1 aromatic carbocycles. The first-order valence-corrected chi connectivity index (χ1v) is 7.10. The Labute approximate surface area is 124 Å². The Morgan fingerprint density at radius 2 is 1.86 bits per heavy atom. The van der Waals surface area contributed by atoms with Crippen LogP contribution in [0.2, 0.25) is 0 Å². The SMILES string of the molecule is CN1CCC(NC(=O)NCc2ccc(C(=O)O)cc2)CC1. The van der Waals surface area contributed by atoms with Crippen LogP contribution in [0.15, 0.2) is 24.3 Å². The third-order valence-electron chi connectivity index (χ3n) is 3.71. The van der Waals surface area contributed by atoms with Crippen molar-refractivity contribution in [3.63, 3.8) is 0 Å². The molecule has 0 aliphatic carbocycles. The van der Waals surface area contributed by atoms with Crippen molar-refractivity contribution in [2.24, 2.45) is 0 Å². The van der Waals surface area contributed by atoms with Crippen molar-refractivity contribution < 1.29 is 14.7 Å². The minimum Gasteiger partial charge on any atom is -0.478 e. The summed E-state index contributed by atoms with van der Waals surface area (Å²) < 4.78 is 0. The summed E-state index contributed by atoms with van der Waals surface area (Å²) in [5.41, 5.74) is 1.12. The molecule has 0 aromatic heterocycles. The maximum atomic E-state index is 11.8. The smallest absolute Gasteiger partial charge is 0.335 e. The zero-order valence-corrected chi connectivity index (χ0v) is 12.1. The molecule has 6 nitrogen and oxygen atoms in total. The number of nitrogens with one attached hydrogen (secondary N) is 2. The van der Waals surface area contributed by atoms with E-state index in [1.54, 1.807) is 12.1 Å². The molecule has 0 unspecified atom stereocenters. The predicted molar refractivity (Wildman–Crippen MR) is 79.3 cm³/mol. The van der Waals surface area contributed by atoms with Gasteiger partial charge in [0.1, 0.15) is 0 Å². The standard InChI is InChI=1S/C15H21N3O3/c1-18-8-6-13(7-9-18)17-15(21)16-10-11-2-4-12(5-3-11)14(19)20/h2-5,13H,6-10H2,1H3,(H,19,20)(H2,16,17,21). The summed E-state index contributed by atoms with van der Waals surface area (Å²) in [7, 11) is 2.08. The number of hydrogen-bond acceptors (Lipinski definition) is 3. The monoisotopic (exact) mass is 291 g/mol. The number of carbonyl (C=O) groups excluding carboxylic acids is 1. The van der Waals surface area contributed by atoms with E-state index in [9.17, 15) is 9.59 Å². The molecular formula is C15H21N3O3. The van der Waals surface area contributed by atoms with Crippen molar-refractivity contribution in [2.45, 2.75) is 25.4 Å². The average Bonchev–Trinajstić information content (AvgIpc) is 2.48. The fraction of sp³-hybridized carbons (Fsp3) is 0.467. The number of likely N-dealkylation sites (tertiary alicyclic amines) is 1. The summed E-state index contributed by atoms with van der Waals surface area (Å²) in [6.07, 6.45) is 1.94. The number of piperidine rings is 1. The number of nitrogens with zero attached hydrogens (tertiary/aromatic N) is 1. The maximum absolute atomic E-state index is 11.8. The number of benzene rings is 1. The third kappa shape index (κ3) is 4.75. The van der Waals surface area contributed by atoms with Crippen LogP contribution in [0.5, 0.6) is 0 Å². The fourth-order valence-corrected chi connectivity index (χ4v) is 2.34. The number of rotatable bonds is 4. The summed E-state index contributed by atoms with van der Waals surface area (Å²) in [5, 5.41) is 14.6. The van der Waals surface area contributed by atoms with Gasteiger partial charge >= 0.3 is 12.0 Å². The van der Waals surface area contributed by atoms with Gasteiger partial charge < -0.3 is 20.6 Å². The average molecular weight is 291 g/mol. The van der Waals surface area contributed by atoms with Crippen LogP contribution in [0.1, 0.15) is 28.8 Å². The molecule has 114 valence electrons. The zero-order chi connectivity index (χ0) is 15.2. The van der Waals surface area contributed by atoms with E-state index in [1.165, 1.54) is 12.1 Å². The van der Waals surface area contributed by atoms with E-state index < -0.39 is 5.97 Å². The highest BCUT2D eigenvalue weighted by atomic mass is 16.4. The van der Waals surface area contributed by atoms with E-state index in [4.69, 9.17) is 5.11 Å². The molecule has 0 bridgehead atoms. The summed E-state index contributed by atoms with van der Waals surface area (Å²) in [6, 6.07) is 6.54. The zero-order valence-electron chi connectivity index (χ0n) is 12.1. The number of amides is 2. The van der Waals surface area contributed by atoms with Crippen LogP contribution >= 0.6 is 0 Å². The Morgan fingerprint density at radius 3 is 2.43 bits per heavy atom. The van der Waals surface area contributed by atoms with E-state index in [0.717, 1.165) is 31.5 Å². The van der Waals surface area contributed by atoms with Gasteiger partial charge in [0.2, 0.25) is 0 Å². The number of aromatic carboxylic acids is 1. The van der Waals surface area contributed by atoms with Crippen molar-refractivity contribution in [3.05, 3.63) is 35.4 Å². The third-order valence-corrected chi connectivity index (χ3v) is 3.71. The van der Waals surface area contributed by atoms with Gasteiger partial charge in [-0.05, 0) is 50.7 Å². The van der Waals surface area contributed by atoms with Gasteiger partial charge in [-0.15, -0.1) is 0 Å². The van der Waals surface area contributed by atoms with Gasteiger partial charge in [0, 0.05) is 12.6 Å². The molecule has 1 saturated heterocycles. The van der Waals surface area contributed by atoms with Gasteiger partial charge in [0.15, 0.2) is 0 Å². The lowest BCUT2D eigenvalue weighted by Crippen LogP contribution is -2.46. The van der Waals surface area contributed by atoms with Crippen LogP contribution < -0.4 is 10.6 Å².